The fourth-order valence-corrected chi connectivity index (χ4v) is 1.74. The standard InChI is InChI=1S/C14H18N2O3/c1-3-9-16(4-2)14(19)12-7-8-15-10-11(12)5-6-13(17)18/h5-8,10H,3-4,9H2,1-2H3,(H,17,18). The number of hydrogen-bond acceptors (Lipinski definition) is 3. The van der Waals surface area contributed by atoms with Gasteiger partial charge in [-0.05, 0) is 25.5 Å². The molecular formula is C14H18N2O3. The number of hydrogen-bond donors (Lipinski definition) is 1. The first kappa shape index (κ1) is 14.9. The van der Waals surface area contributed by atoms with Gasteiger partial charge in [0, 0.05) is 42.7 Å². The Morgan fingerprint density at radius 1 is 1.42 bits per heavy atom. The molecule has 0 spiro atoms. The van der Waals surface area contributed by atoms with Crippen LogP contribution < -0.4 is 0 Å². The minimum atomic E-state index is -1.05. The average molecular weight is 262 g/mol. The van der Waals surface area contributed by atoms with Crippen LogP contribution >= 0.6 is 0 Å². The summed E-state index contributed by atoms with van der Waals surface area (Å²) in [5, 5.41) is 8.64. The molecule has 0 unspecified atom stereocenters. The van der Waals surface area contributed by atoms with E-state index in [2.05, 4.69) is 4.98 Å². The number of carbonyl (C=O) groups excluding carboxylic acids is 1. The van der Waals surface area contributed by atoms with Crippen molar-refractivity contribution in [2.75, 3.05) is 13.1 Å². The second kappa shape index (κ2) is 7.31. The number of aromatic nitrogens is 1. The van der Waals surface area contributed by atoms with Gasteiger partial charge >= 0.3 is 5.97 Å². The predicted molar refractivity (Wildman–Crippen MR) is 72.8 cm³/mol. The third-order valence-electron chi connectivity index (χ3n) is 2.65. The lowest BCUT2D eigenvalue weighted by molar-refractivity contribution is -0.131. The highest BCUT2D eigenvalue weighted by Gasteiger charge is 2.15. The van der Waals surface area contributed by atoms with E-state index in [1.165, 1.54) is 18.5 Å². The molecule has 0 aliphatic heterocycles. The third-order valence-corrected chi connectivity index (χ3v) is 2.65. The van der Waals surface area contributed by atoms with Crippen molar-refractivity contribution in [3.8, 4) is 0 Å². The van der Waals surface area contributed by atoms with Crippen LogP contribution in [0.2, 0.25) is 0 Å². The molecule has 1 amide bonds. The molecule has 0 atom stereocenters. The van der Waals surface area contributed by atoms with Gasteiger partial charge in [-0.15, -0.1) is 0 Å². The zero-order valence-electron chi connectivity index (χ0n) is 11.2. The van der Waals surface area contributed by atoms with Crippen LogP contribution in [0.1, 0.15) is 36.2 Å². The Morgan fingerprint density at radius 3 is 2.74 bits per heavy atom. The summed E-state index contributed by atoms with van der Waals surface area (Å²) in [4.78, 5) is 28.5. The van der Waals surface area contributed by atoms with Gasteiger partial charge in [0.2, 0.25) is 0 Å². The molecule has 0 saturated heterocycles. The number of aliphatic carboxylic acids is 1. The lowest BCUT2D eigenvalue weighted by atomic mass is 10.1. The van der Waals surface area contributed by atoms with E-state index in [0.717, 1.165) is 12.5 Å². The van der Waals surface area contributed by atoms with Crippen LogP contribution in [0.3, 0.4) is 0 Å². The van der Waals surface area contributed by atoms with Gasteiger partial charge in [0.25, 0.3) is 5.91 Å². The fourth-order valence-electron chi connectivity index (χ4n) is 1.74. The molecular weight excluding hydrogens is 244 g/mol. The van der Waals surface area contributed by atoms with Crippen molar-refractivity contribution in [2.45, 2.75) is 20.3 Å². The molecule has 0 aliphatic rings. The van der Waals surface area contributed by atoms with Crippen LogP contribution in [0.5, 0.6) is 0 Å². The summed E-state index contributed by atoms with van der Waals surface area (Å²) >= 11 is 0. The summed E-state index contributed by atoms with van der Waals surface area (Å²) in [7, 11) is 0. The summed E-state index contributed by atoms with van der Waals surface area (Å²) in [5.41, 5.74) is 0.993. The summed E-state index contributed by atoms with van der Waals surface area (Å²) < 4.78 is 0. The van der Waals surface area contributed by atoms with Crippen molar-refractivity contribution >= 4 is 18.0 Å². The van der Waals surface area contributed by atoms with E-state index in [1.807, 2.05) is 13.8 Å². The largest absolute Gasteiger partial charge is 0.478 e. The molecule has 1 rings (SSSR count). The molecule has 0 saturated carbocycles. The monoisotopic (exact) mass is 262 g/mol. The molecule has 0 bridgehead atoms. The number of carbonyl (C=O) groups is 2. The van der Waals surface area contributed by atoms with E-state index >= 15 is 0 Å². The molecule has 5 heteroatoms. The van der Waals surface area contributed by atoms with E-state index in [-0.39, 0.29) is 5.91 Å². The zero-order valence-corrected chi connectivity index (χ0v) is 11.2. The second-order valence-electron chi connectivity index (χ2n) is 4.02. The van der Waals surface area contributed by atoms with Crippen LogP contribution in [0.25, 0.3) is 6.08 Å². The number of carboxylic acids is 1. The predicted octanol–water partition coefficient (Wildman–Crippen LogP) is 2.05. The Bertz CT molecular complexity index is 483. The summed E-state index contributed by atoms with van der Waals surface area (Å²) in [5.74, 6) is -1.15. The maximum absolute atomic E-state index is 12.3. The van der Waals surface area contributed by atoms with Crippen LogP contribution in [0.4, 0.5) is 0 Å². The molecule has 0 aliphatic carbocycles. The van der Waals surface area contributed by atoms with Gasteiger partial charge < -0.3 is 10.0 Å². The molecule has 1 heterocycles. The normalized spacial score (nSPS) is 10.6. The van der Waals surface area contributed by atoms with E-state index in [9.17, 15) is 9.59 Å². The lowest BCUT2D eigenvalue weighted by Gasteiger charge is -2.20. The number of pyridine rings is 1. The highest BCUT2D eigenvalue weighted by molar-refractivity contribution is 5.98. The summed E-state index contributed by atoms with van der Waals surface area (Å²) in [6, 6.07) is 1.61. The Morgan fingerprint density at radius 2 is 2.16 bits per heavy atom. The molecule has 0 aromatic carbocycles. The molecule has 1 aromatic rings. The average Bonchev–Trinajstić information content (AvgIpc) is 2.42. The van der Waals surface area contributed by atoms with Crippen molar-refractivity contribution < 1.29 is 14.7 Å². The van der Waals surface area contributed by atoms with Gasteiger partial charge in [-0.3, -0.25) is 9.78 Å². The van der Waals surface area contributed by atoms with E-state index in [0.29, 0.717) is 24.2 Å². The number of amides is 1. The van der Waals surface area contributed by atoms with Gasteiger partial charge in [0.05, 0.1) is 0 Å². The molecule has 1 N–H and O–H groups in total. The Balaban J connectivity index is 3.05. The fraction of sp³-hybridized carbons (Fsp3) is 0.357. The molecule has 5 nitrogen and oxygen atoms in total. The van der Waals surface area contributed by atoms with Crippen LogP contribution in [-0.4, -0.2) is 40.0 Å². The van der Waals surface area contributed by atoms with Crippen molar-refractivity contribution in [2.24, 2.45) is 0 Å². The number of rotatable bonds is 6. The molecule has 102 valence electrons. The Labute approximate surface area is 112 Å². The highest BCUT2D eigenvalue weighted by atomic mass is 16.4. The van der Waals surface area contributed by atoms with E-state index in [1.54, 1.807) is 11.0 Å². The number of carboxylic acid groups (broad SMARTS) is 1. The molecule has 0 radical (unpaired) electrons. The first-order valence-electron chi connectivity index (χ1n) is 6.24. The van der Waals surface area contributed by atoms with Crippen LogP contribution in [0.15, 0.2) is 24.5 Å². The van der Waals surface area contributed by atoms with Gasteiger partial charge in [0.15, 0.2) is 0 Å². The van der Waals surface area contributed by atoms with Crippen LogP contribution in [-0.2, 0) is 4.79 Å². The Hall–Kier alpha value is -2.17. The molecule has 19 heavy (non-hydrogen) atoms. The first-order chi connectivity index (χ1) is 9.10. The van der Waals surface area contributed by atoms with E-state index in [4.69, 9.17) is 5.11 Å². The van der Waals surface area contributed by atoms with Gasteiger partial charge in [-0.25, -0.2) is 4.79 Å². The maximum atomic E-state index is 12.3. The van der Waals surface area contributed by atoms with Gasteiger partial charge in [-0.1, -0.05) is 6.92 Å². The number of nitrogens with zero attached hydrogens (tertiary/aromatic N) is 2. The third kappa shape index (κ3) is 4.21. The van der Waals surface area contributed by atoms with Crippen molar-refractivity contribution in [3.05, 3.63) is 35.7 Å². The highest BCUT2D eigenvalue weighted by Crippen LogP contribution is 2.12. The molecule has 1 aromatic heterocycles. The smallest absolute Gasteiger partial charge is 0.328 e. The topological polar surface area (TPSA) is 70.5 Å². The molecule has 0 fully saturated rings. The minimum absolute atomic E-state index is 0.100. The van der Waals surface area contributed by atoms with Crippen molar-refractivity contribution in [1.29, 1.82) is 0 Å². The zero-order chi connectivity index (χ0) is 14.3. The summed E-state index contributed by atoms with van der Waals surface area (Å²) in [6.07, 6.45) is 6.30. The van der Waals surface area contributed by atoms with Gasteiger partial charge in [-0.2, -0.15) is 0 Å². The Kier molecular flexibility index (Phi) is 5.73. The SMILES string of the molecule is CCCN(CC)C(=O)c1ccncc1C=CC(=O)O. The quantitative estimate of drug-likeness (QED) is 0.796. The van der Waals surface area contributed by atoms with E-state index < -0.39 is 5.97 Å². The van der Waals surface area contributed by atoms with Crippen LogP contribution in [0, 0.1) is 0 Å². The van der Waals surface area contributed by atoms with Crippen molar-refractivity contribution in [3.63, 3.8) is 0 Å². The summed E-state index contributed by atoms with van der Waals surface area (Å²) in [6.45, 7) is 5.23. The van der Waals surface area contributed by atoms with Crippen molar-refractivity contribution in [1.82, 2.24) is 9.88 Å². The second-order valence-corrected chi connectivity index (χ2v) is 4.02. The lowest BCUT2D eigenvalue weighted by Crippen LogP contribution is -2.32. The maximum Gasteiger partial charge on any atom is 0.328 e. The minimum Gasteiger partial charge on any atom is -0.478 e. The van der Waals surface area contributed by atoms with Gasteiger partial charge in [0.1, 0.15) is 0 Å². The first-order valence-corrected chi connectivity index (χ1v) is 6.24.